The number of rotatable bonds is 4. The highest BCUT2D eigenvalue weighted by molar-refractivity contribution is 5.68. The molecule has 0 aromatic heterocycles. The van der Waals surface area contributed by atoms with Crippen molar-refractivity contribution < 1.29 is 14.6 Å². The molecule has 0 aliphatic rings. The fraction of sp³-hybridized carbons (Fsp3) is 0.833. The molecule has 0 bridgehead atoms. The minimum absolute atomic E-state index is 0.0686. The summed E-state index contributed by atoms with van der Waals surface area (Å²) >= 11 is 0. The van der Waals surface area contributed by atoms with Crippen LogP contribution >= 0.6 is 0 Å². The van der Waals surface area contributed by atoms with E-state index in [1.54, 1.807) is 6.92 Å². The summed E-state index contributed by atoms with van der Waals surface area (Å²) in [4.78, 5) is 10.2. The lowest BCUT2D eigenvalue weighted by Crippen LogP contribution is -2.42. The molecule has 3 N–H and O–H groups in total. The standard InChI is InChI=1S/C6H13NO3/c1-6(7,4-10-2)3-5(8)9/h3-4,7H2,1-2H3,(H,8,9). The van der Waals surface area contributed by atoms with E-state index in [0.29, 0.717) is 0 Å². The van der Waals surface area contributed by atoms with Gasteiger partial charge >= 0.3 is 5.97 Å². The zero-order valence-corrected chi connectivity index (χ0v) is 6.26. The van der Waals surface area contributed by atoms with E-state index in [-0.39, 0.29) is 13.0 Å². The van der Waals surface area contributed by atoms with Crippen LogP contribution < -0.4 is 5.73 Å². The van der Waals surface area contributed by atoms with Gasteiger partial charge in [0.1, 0.15) is 0 Å². The van der Waals surface area contributed by atoms with E-state index in [4.69, 9.17) is 15.6 Å². The quantitative estimate of drug-likeness (QED) is 0.578. The third-order valence-electron chi connectivity index (χ3n) is 1.03. The van der Waals surface area contributed by atoms with Crippen LogP contribution in [0.2, 0.25) is 0 Å². The molecule has 0 aromatic carbocycles. The maximum absolute atomic E-state index is 10.2. The number of aliphatic carboxylic acids is 1. The van der Waals surface area contributed by atoms with Crippen molar-refractivity contribution in [1.82, 2.24) is 0 Å². The van der Waals surface area contributed by atoms with E-state index >= 15 is 0 Å². The molecule has 60 valence electrons. The normalized spacial score (nSPS) is 16.3. The lowest BCUT2D eigenvalue weighted by Gasteiger charge is -2.20. The van der Waals surface area contributed by atoms with Crippen LogP contribution in [0, 0.1) is 0 Å². The third kappa shape index (κ3) is 4.29. The first-order valence-electron chi connectivity index (χ1n) is 2.97. The summed E-state index contributed by atoms with van der Waals surface area (Å²) in [5.41, 5.74) is 4.77. The van der Waals surface area contributed by atoms with Gasteiger partial charge < -0.3 is 15.6 Å². The van der Waals surface area contributed by atoms with Crippen molar-refractivity contribution in [3.8, 4) is 0 Å². The molecule has 4 heteroatoms. The first-order valence-corrected chi connectivity index (χ1v) is 2.97. The van der Waals surface area contributed by atoms with E-state index in [1.807, 2.05) is 0 Å². The van der Waals surface area contributed by atoms with Crippen LogP contribution in [0.1, 0.15) is 13.3 Å². The Bertz CT molecular complexity index is 122. The van der Waals surface area contributed by atoms with Gasteiger partial charge in [-0.25, -0.2) is 0 Å². The number of hydrogen-bond acceptors (Lipinski definition) is 3. The topological polar surface area (TPSA) is 72.5 Å². The van der Waals surface area contributed by atoms with Crippen LogP contribution in [0.3, 0.4) is 0 Å². The Labute approximate surface area is 60.0 Å². The Morgan fingerprint density at radius 2 is 2.30 bits per heavy atom. The van der Waals surface area contributed by atoms with Gasteiger partial charge in [0.2, 0.25) is 0 Å². The molecule has 0 saturated heterocycles. The molecule has 0 amide bonds. The summed E-state index contributed by atoms with van der Waals surface area (Å²) in [6, 6.07) is 0. The molecule has 1 unspecified atom stereocenters. The maximum Gasteiger partial charge on any atom is 0.305 e. The minimum Gasteiger partial charge on any atom is -0.481 e. The summed E-state index contributed by atoms with van der Waals surface area (Å²) in [6.45, 7) is 1.91. The van der Waals surface area contributed by atoms with Crippen LogP contribution in [-0.4, -0.2) is 30.3 Å². The zero-order chi connectivity index (χ0) is 8.20. The van der Waals surface area contributed by atoms with Crippen molar-refractivity contribution in [3.63, 3.8) is 0 Å². The van der Waals surface area contributed by atoms with Crippen LogP contribution in [0.4, 0.5) is 0 Å². The van der Waals surface area contributed by atoms with E-state index < -0.39 is 11.5 Å². The lowest BCUT2D eigenvalue weighted by molar-refractivity contribution is -0.138. The largest absolute Gasteiger partial charge is 0.481 e. The molecule has 0 radical (unpaired) electrons. The van der Waals surface area contributed by atoms with Gasteiger partial charge in [-0.2, -0.15) is 0 Å². The highest BCUT2D eigenvalue weighted by Gasteiger charge is 2.21. The van der Waals surface area contributed by atoms with Crippen LogP contribution in [0.15, 0.2) is 0 Å². The molecule has 4 nitrogen and oxygen atoms in total. The van der Waals surface area contributed by atoms with E-state index in [2.05, 4.69) is 0 Å². The van der Waals surface area contributed by atoms with Gasteiger partial charge in [0.25, 0.3) is 0 Å². The van der Waals surface area contributed by atoms with Gasteiger partial charge in [-0.05, 0) is 6.92 Å². The molecule has 0 saturated carbocycles. The van der Waals surface area contributed by atoms with E-state index in [9.17, 15) is 4.79 Å². The highest BCUT2D eigenvalue weighted by atomic mass is 16.5. The first kappa shape index (κ1) is 9.39. The molecule has 10 heavy (non-hydrogen) atoms. The second-order valence-corrected chi connectivity index (χ2v) is 2.66. The fourth-order valence-electron chi connectivity index (χ4n) is 0.726. The highest BCUT2D eigenvalue weighted by Crippen LogP contribution is 2.04. The third-order valence-corrected chi connectivity index (χ3v) is 1.03. The molecule has 0 aliphatic heterocycles. The van der Waals surface area contributed by atoms with Gasteiger partial charge in [0, 0.05) is 12.6 Å². The smallest absolute Gasteiger partial charge is 0.305 e. The van der Waals surface area contributed by atoms with E-state index in [0.717, 1.165) is 0 Å². The summed E-state index contributed by atoms with van der Waals surface area (Å²) < 4.78 is 4.72. The van der Waals surface area contributed by atoms with Crippen LogP contribution in [0.5, 0.6) is 0 Å². The van der Waals surface area contributed by atoms with Crippen molar-refractivity contribution in [2.45, 2.75) is 18.9 Å². The minimum atomic E-state index is -0.901. The summed E-state index contributed by atoms with van der Waals surface area (Å²) in [5, 5.41) is 8.34. The molecule has 0 rings (SSSR count). The number of nitrogens with two attached hydrogens (primary N) is 1. The number of methoxy groups -OCH3 is 1. The molecule has 1 atom stereocenters. The van der Waals surface area contributed by atoms with Crippen molar-refractivity contribution in [1.29, 1.82) is 0 Å². The molecule has 0 fully saturated rings. The molecule has 0 spiro atoms. The average Bonchev–Trinajstić information content (AvgIpc) is 1.59. The van der Waals surface area contributed by atoms with Crippen molar-refractivity contribution in [2.24, 2.45) is 5.73 Å². The number of hydrogen-bond donors (Lipinski definition) is 2. The second kappa shape index (κ2) is 3.53. The van der Waals surface area contributed by atoms with Gasteiger partial charge in [0.05, 0.1) is 13.0 Å². The first-order chi connectivity index (χ1) is 4.48. The molecule has 0 aliphatic carbocycles. The van der Waals surface area contributed by atoms with Gasteiger partial charge in [-0.3, -0.25) is 4.79 Å². The summed E-state index contributed by atoms with van der Waals surface area (Å²) in [6.07, 6.45) is -0.0686. The molecule has 0 heterocycles. The summed E-state index contributed by atoms with van der Waals surface area (Å²) in [5.74, 6) is -0.901. The Morgan fingerprint density at radius 3 is 2.60 bits per heavy atom. The van der Waals surface area contributed by atoms with Crippen LogP contribution in [0.25, 0.3) is 0 Å². The Balaban J connectivity index is 3.74. The number of carbonyl (C=O) groups is 1. The van der Waals surface area contributed by atoms with Crippen molar-refractivity contribution in [3.05, 3.63) is 0 Å². The number of carboxylic acids is 1. The average molecular weight is 147 g/mol. The summed E-state index contributed by atoms with van der Waals surface area (Å²) in [7, 11) is 1.49. The Hall–Kier alpha value is -0.610. The van der Waals surface area contributed by atoms with E-state index in [1.165, 1.54) is 7.11 Å². The number of carboxylic acid groups (broad SMARTS) is 1. The Morgan fingerprint density at radius 1 is 1.80 bits per heavy atom. The van der Waals surface area contributed by atoms with Crippen LogP contribution in [-0.2, 0) is 9.53 Å². The predicted octanol–water partition coefficient (Wildman–Crippen LogP) is -0.175. The maximum atomic E-state index is 10.2. The molecule has 0 aromatic rings. The van der Waals surface area contributed by atoms with Crippen molar-refractivity contribution >= 4 is 5.97 Å². The Kier molecular flexibility index (Phi) is 3.32. The van der Waals surface area contributed by atoms with Gasteiger partial charge in [-0.15, -0.1) is 0 Å². The number of ether oxygens (including phenoxy) is 1. The van der Waals surface area contributed by atoms with Gasteiger partial charge in [-0.1, -0.05) is 0 Å². The SMILES string of the molecule is COCC(C)(N)CC(=O)O. The second-order valence-electron chi connectivity index (χ2n) is 2.66. The fourth-order valence-corrected chi connectivity index (χ4v) is 0.726. The molecular formula is C6H13NO3. The predicted molar refractivity (Wildman–Crippen MR) is 36.7 cm³/mol. The lowest BCUT2D eigenvalue weighted by atomic mass is 10.0. The van der Waals surface area contributed by atoms with Crippen molar-refractivity contribution in [2.75, 3.05) is 13.7 Å². The van der Waals surface area contributed by atoms with Gasteiger partial charge in [0.15, 0.2) is 0 Å². The zero-order valence-electron chi connectivity index (χ0n) is 6.26. The molecular weight excluding hydrogens is 134 g/mol. The monoisotopic (exact) mass is 147 g/mol.